The van der Waals surface area contributed by atoms with Crippen molar-refractivity contribution in [3.05, 3.63) is 34.3 Å². The van der Waals surface area contributed by atoms with E-state index in [1.165, 1.54) is 18.4 Å². The van der Waals surface area contributed by atoms with Crippen molar-refractivity contribution in [1.29, 1.82) is 0 Å². The minimum atomic E-state index is -0.468. The van der Waals surface area contributed by atoms with Gasteiger partial charge in [-0.15, -0.1) is 11.3 Å². The lowest BCUT2D eigenvalue weighted by Crippen LogP contribution is -1.98. The van der Waals surface area contributed by atoms with Gasteiger partial charge in [-0.1, -0.05) is 23.7 Å². The van der Waals surface area contributed by atoms with Crippen LogP contribution < -0.4 is 4.74 Å². The molecule has 0 atom stereocenters. The van der Waals surface area contributed by atoms with Crippen molar-refractivity contribution in [3.63, 3.8) is 0 Å². The highest BCUT2D eigenvalue weighted by molar-refractivity contribution is 7.17. The summed E-state index contributed by atoms with van der Waals surface area (Å²) in [5.74, 6) is 0.347. The number of hydrogen-bond donors (Lipinski definition) is 0. The summed E-state index contributed by atoms with van der Waals surface area (Å²) in [6, 6.07) is 7.64. The van der Waals surface area contributed by atoms with Crippen molar-refractivity contribution >= 4 is 28.9 Å². The van der Waals surface area contributed by atoms with E-state index in [4.69, 9.17) is 16.3 Å². The molecule has 1 aliphatic rings. The van der Waals surface area contributed by atoms with Gasteiger partial charge < -0.3 is 9.47 Å². The number of thiazole rings is 1. The van der Waals surface area contributed by atoms with Gasteiger partial charge in [0.25, 0.3) is 0 Å². The molecule has 0 N–H and O–H groups in total. The van der Waals surface area contributed by atoms with E-state index < -0.39 is 5.97 Å². The molecule has 1 fully saturated rings. The minimum absolute atomic E-state index is 0.172. The van der Waals surface area contributed by atoms with Crippen molar-refractivity contribution in [2.24, 2.45) is 0 Å². The number of benzene rings is 1. The maximum absolute atomic E-state index is 11.5. The van der Waals surface area contributed by atoms with Gasteiger partial charge >= 0.3 is 5.97 Å². The van der Waals surface area contributed by atoms with Crippen molar-refractivity contribution in [1.82, 2.24) is 4.98 Å². The molecule has 0 radical (unpaired) electrons. The predicted molar refractivity (Wildman–Crippen MR) is 77.5 cm³/mol. The van der Waals surface area contributed by atoms with Gasteiger partial charge in [-0.25, -0.2) is 9.78 Å². The third-order valence-corrected chi connectivity index (χ3v) is 4.33. The Hall–Kier alpha value is -1.59. The van der Waals surface area contributed by atoms with Crippen LogP contribution in [0.3, 0.4) is 0 Å². The maximum Gasteiger partial charge on any atom is 0.351 e. The first-order valence-electron chi connectivity index (χ1n) is 6.19. The average Bonchev–Trinajstić information content (AvgIpc) is 3.18. The largest absolute Gasteiger partial charge is 0.490 e. The molecule has 1 heterocycles. The summed E-state index contributed by atoms with van der Waals surface area (Å²) in [5, 5.41) is 0.849. The first-order chi connectivity index (χ1) is 9.67. The number of halogens is 1. The van der Waals surface area contributed by atoms with E-state index in [1.807, 2.05) is 24.3 Å². The van der Waals surface area contributed by atoms with E-state index >= 15 is 0 Å². The summed E-state index contributed by atoms with van der Waals surface area (Å²) in [7, 11) is 1.32. The lowest BCUT2D eigenvalue weighted by molar-refractivity contribution is 0.0606. The Morgan fingerprint density at radius 3 is 2.95 bits per heavy atom. The number of rotatable bonds is 4. The van der Waals surface area contributed by atoms with Crippen molar-refractivity contribution < 1.29 is 14.3 Å². The minimum Gasteiger partial charge on any atom is -0.490 e. The maximum atomic E-state index is 11.5. The van der Waals surface area contributed by atoms with E-state index in [0.717, 1.165) is 24.2 Å². The van der Waals surface area contributed by atoms with Crippen LogP contribution in [0.2, 0.25) is 5.15 Å². The Bertz CT molecular complexity index is 652. The molecule has 0 bridgehead atoms. The number of carbonyl (C=O) groups is 1. The summed E-state index contributed by atoms with van der Waals surface area (Å²) in [5.41, 5.74) is 0.880. The standard InChI is InChI=1S/C14H12ClNO3S/c1-18-14(17)11-12(15)16-13(20-11)8-3-2-4-10(7-8)19-9-5-6-9/h2-4,7,9H,5-6H2,1H3. The first kappa shape index (κ1) is 13.4. The topological polar surface area (TPSA) is 48.4 Å². The number of carbonyl (C=O) groups excluding carboxylic acids is 1. The SMILES string of the molecule is COC(=O)c1sc(-c2cccc(OC3CC3)c2)nc1Cl. The van der Waals surface area contributed by atoms with Gasteiger partial charge in [-0.3, -0.25) is 0 Å². The molecule has 0 amide bonds. The monoisotopic (exact) mass is 309 g/mol. The van der Waals surface area contributed by atoms with Gasteiger partial charge in [-0.05, 0) is 25.0 Å². The van der Waals surface area contributed by atoms with Gasteiger partial charge in [0, 0.05) is 5.56 Å². The molecule has 1 saturated carbocycles. The molecule has 1 aliphatic carbocycles. The lowest BCUT2D eigenvalue weighted by atomic mass is 10.2. The van der Waals surface area contributed by atoms with Crippen LogP contribution in [0.1, 0.15) is 22.5 Å². The van der Waals surface area contributed by atoms with Crippen LogP contribution in [-0.4, -0.2) is 24.2 Å². The van der Waals surface area contributed by atoms with E-state index in [0.29, 0.717) is 16.0 Å². The van der Waals surface area contributed by atoms with E-state index in [9.17, 15) is 4.79 Å². The van der Waals surface area contributed by atoms with Crippen LogP contribution >= 0.6 is 22.9 Å². The van der Waals surface area contributed by atoms with Crippen molar-refractivity contribution in [3.8, 4) is 16.3 Å². The molecule has 0 aliphatic heterocycles. The van der Waals surface area contributed by atoms with E-state index in [2.05, 4.69) is 9.72 Å². The predicted octanol–water partition coefficient (Wildman–Crippen LogP) is 3.79. The number of nitrogens with zero attached hydrogens (tertiary/aromatic N) is 1. The number of aromatic nitrogens is 1. The Balaban J connectivity index is 1.90. The Morgan fingerprint density at radius 1 is 1.45 bits per heavy atom. The van der Waals surface area contributed by atoms with Crippen molar-refractivity contribution in [2.45, 2.75) is 18.9 Å². The quantitative estimate of drug-likeness (QED) is 0.806. The summed E-state index contributed by atoms with van der Waals surface area (Å²) in [6.07, 6.45) is 2.57. The molecule has 2 aromatic rings. The summed E-state index contributed by atoms with van der Waals surface area (Å²) in [6.45, 7) is 0. The number of methoxy groups -OCH3 is 1. The fourth-order valence-electron chi connectivity index (χ4n) is 1.72. The zero-order valence-corrected chi connectivity index (χ0v) is 12.3. The van der Waals surface area contributed by atoms with Crippen molar-refractivity contribution in [2.75, 3.05) is 7.11 Å². The molecule has 0 saturated heterocycles. The number of hydrogen-bond acceptors (Lipinski definition) is 5. The van der Waals surface area contributed by atoms with Crippen LogP contribution in [0.4, 0.5) is 0 Å². The normalized spacial score (nSPS) is 14.1. The molecule has 1 aromatic carbocycles. The van der Waals surface area contributed by atoms with Crippen LogP contribution in [0.5, 0.6) is 5.75 Å². The fourth-order valence-corrected chi connectivity index (χ4v) is 2.92. The first-order valence-corrected chi connectivity index (χ1v) is 7.38. The van der Waals surface area contributed by atoms with Gasteiger partial charge in [-0.2, -0.15) is 0 Å². The molecule has 0 spiro atoms. The molecule has 0 unspecified atom stereocenters. The third-order valence-electron chi connectivity index (χ3n) is 2.86. The number of ether oxygens (including phenoxy) is 2. The van der Waals surface area contributed by atoms with Gasteiger partial charge in [0.1, 0.15) is 10.8 Å². The second kappa shape index (κ2) is 5.42. The zero-order valence-electron chi connectivity index (χ0n) is 10.8. The lowest BCUT2D eigenvalue weighted by Gasteiger charge is -2.05. The van der Waals surface area contributed by atoms with E-state index in [-0.39, 0.29) is 5.15 Å². The Labute approximate surface area is 125 Å². The van der Waals surface area contributed by atoms with Crippen LogP contribution in [-0.2, 0) is 4.74 Å². The van der Waals surface area contributed by atoms with Gasteiger partial charge in [0.15, 0.2) is 10.0 Å². The highest BCUT2D eigenvalue weighted by Gasteiger charge is 2.24. The molecule has 1 aromatic heterocycles. The average molecular weight is 310 g/mol. The molecule has 4 nitrogen and oxygen atoms in total. The Kier molecular flexibility index (Phi) is 3.63. The summed E-state index contributed by atoms with van der Waals surface area (Å²) in [4.78, 5) is 16.1. The van der Waals surface area contributed by atoms with Crippen LogP contribution in [0, 0.1) is 0 Å². The fraction of sp³-hybridized carbons (Fsp3) is 0.286. The Morgan fingerprint density at radius 2 is 2.25 bits per heavy atom. The second-order valence-corrected chi connectivity index (χ2v) is 5.83. The smallest absolute Gasteiger partial charge is 0.351 e. The molecule has 104 valence electrons. The van der Waals surface area contributed by atoms with E-state index in [1.54, 1.807) is 0 Å². The molecule has 3 rings (SSSR count). The second-order valence-electron chi connectivity index (χ2n) is 4.48. The molecular formula is C14H12ClNO3S. The highest BCUT2D eigenvalue weighted by Crippen LogP contribution is 2.34. The third kappa shape index (κ3) is 2.78. The molecular weight excluding hydrogens is 298 g/mol. The highest BCUT2D eigenvalue weighted by atomic mass is 35.5. The summed E-state index contributed by atoms with van der Waals surface area (Å²) < 4.78 is 10.4. The molecule has 20 heavy (non-hydrogen) atoms. The van der Waals surface area contributed by atoms with Crippen LogP contribution in [0.15, 0.2) is 24.3 Å². The van der Waals surface area contributed by atoms with Gasteiger partial charge in [0.2, 0.25) is 0 Å². The summed E-state index contributed by atoms with van der Waals surface area (Å²) >= 11 is 7.19. The van der Waals surface area contributed by atoms with Crippen LogP contribution in [0.25, 0.3) is 10.6 Å². The number of esters is 1. The molecule has 6 heteroatoms. The van der Waals surface area contributed by atoms with Gasteiger partial charge in [0.05, 0.1) is 13.2 Å². The zero-order chi connectivity index (χ0) is 14.1.